The molecule has 3 N–H and O–H groups in total. The van der Waals surface area contributed by atoms with Crippen LogP contribution < -0.4 is 4.90 Å². The first-order chi connectivity index (χ1) is 19.1. The minimum atomic E-state index is -1.63. The van der Waals surface area contributed by atoms with Crippen LogP contribution in [0.15, 0.2) is 47.1 Å². The van der Waals surface area contributed by atoms with Crippen LogP contribution in [0, 0.1) is 17.5 Å². The molecular weight excluding hydrogens is 601 g/mol. The van der Waals surface area contributed by atoms with Gasteiger partial charge < -0.3 is 29.7 Å². The van der Waals surface area contributed by atoms with Crippen molar-refractivity contribution in [2.75, 3.05) is 18.6 Å². The second kappa shape index (κ2) is 11.5. The van der Waals surface area contributed by atoms with Crippen LogP contribution in [-0.4, -0.2) is 86.5 Å². The number of benzene rings is 2. The van der Waals surface area contributed by atoms with E-state index in [1.165, 1.54) is 18.2 Å². The van der Waals surface area contributed by atoms with Gasteiger partial charge in [0.25, 0.3) is 5.91 Å². The maximum Gasteiger partial charge on any atom is 0.259 e. The van der Waals surface area contributed by atoms with Gasteiger partial charge in [0, 0.05) is 22.8 Å². The molecule has 1 saturated carbocycles. The van der Waals surface area contributed by atoms with Crippen LogP contribution in [0.1, 0.15) is 18.9 Å². The Bertz CT molecular complexity index is 1370. The summed E-state index contributed by atoms with van der Waals surface area (Å²) >= 11 is 3.40. The third-order valence-electron chi connectivity index (χ3n) is 7.34. The summed E-state index contributed by atoms with van der Waals surface area (Å²) in [5.41, 5.74) is 0.348. The van der Waals surface area contributed by atoms with Crippen molar-refractivity contribution < 1.29 is 42.8 Å². The molecule has 14 heteroatoms. The van der Waals surface area contributed by atoms with E-state index in [0.29, 0.717) is 23.0 Å². The average Bonchev–Trinajstić information content (AvgIpc) is 3.42. The SMILES string of the molecule is CO[C@@H]1[C@@H](n2cc(-c3cc(F)c(F)c(F)c3)nn2)[C@@H](O)[C@@H](CO)O[C@H]1C(=O)N(c1cccc(Br)c1)[C@@H]1CC[C@H]1O. The van der Waals surface area contributed by atoms with E-state index in [4.69, 9.17) is 9.47 Å². The van der Waals surface area contributed by atoms with E-state index in [1.807, 2.05) is 0 Å². The van der Waals surface area contributed by atoms with E-state index in [-0.39, 0.29) is 11.3 Å². The predicted octanol–water partition coefficient (Wildman–Crippen LogP) is 2.36. The molecule has 1 aliphatic heterocycles. The van der Waals surface area contributed by atoms with E-state index in [2.05, 4.69) is 26.2 Å². The topological polar surface area (TPSA) is 130 Å². The summed E-state index contributed by atoms with van der Waals surface area (Å²) in [5, 5.41) is 39.4. The fourth-order valence-corrected chi connectivity index (χ4v) is 5.52. The van der Waals surface area contributed by atoms with Crippen molar-refractivity contribution >= 4 is 27.5 Å². The first kappa shape index (κ1) is 28.6. The van der Waals surface area contributed by atoms with Crippen LogP contribution in [0.2, 0.25) is 0 Å². The van der Waals surface area contributed by atoms with Crippen molar-refractivity contribution in [3.63, 3.8) is 0 Å². The highest BCUT2D eigenvalue weighted by molar-refractivity contribution is 9.10. The molecule has 1 aliphatic carbocycles. The first-order valence-electron chi connectivity index (χ1n) is 12.4. The minimum Gasteiger partial charge on any atom is -0.394 e. The van der Waals surface area contributed by atoms with Crippen LogP contribution in [0.4, 0.5) is 18.9 Å². The van der Waals surface area contributed by atoms with E-state index < -0.39 is 72.6 Å². The number of hydrogen-bond donors (Lipinski definition) is 3. The van der Waals surface area contributed by atoms with Crippen LogP contribution in [0.5, 0.6) is 0 Å². The van der Waals surface area contributed by atoms with Gasteiger partial charge in [-0.3, -0.25) is 4.79 Å². The normalized spacial score (nSPS) is 28.2. The minimum absolute atomic E-state index is 0.0388. The highest BCUT2D eigenvalue weighted by Gasteiger charge is 2.52. The van der Waals surface area contributed by atoms with Gasteiger partial charge in [0.05, 0.1) is 24.9 Å². The molecule has 7 atom stereocenters. The summed E-state index contributed by atoms with van der Waals surface area (Å²) < 4.78 is 54.5. The number of methoxy groups -OCH3 is 1. The van der Waals surface area contributed by atoms with Crippen molar-refractivity contribution in [1.29, 1.82) is 0 Å². The number of aromatic nitrogens is 3. The van der Waals surface area contributed by atoms with Crippen molar-refractivity contribution in [2.45, 2.75) is 55.4 Å². The lowest BCUT2D eigenvalue weighted by molar-refractivity contribution is -0.211. The molecule has 1 saturated heterocycles. The molecule has 0 radical (unpaired) electrons. The molecule has 2 aromatic carbocycles. The Kier molecular flexibility index (Phi) is 8.27. The maximum atomic E-state index is 14.1. The van der Waals surface area contributed by atoms with E-state index in [0.717, 1.165) is 16.8 Å². The fourth-order valence-electron chi connectivity index (χ4n) is 5.13. The molecule has 1 amide bonds. The lowest BCUT2D eigenvalue weighted by Gasteiger charge is -2.47. The highest BCUT2D eigenvalue weighted by atomic mass is 79.9. The Morgan fingerprint density at radius 2 is 1.93 bits per heavy atom. The highest BCUT2D eigenvalue weighted by Crippen LogP contribution is 2.37. The van der Waals surface area contributed by atoms with Gasteiger partial charge in [0.1, 0.15) is 30.0 Å². The second-order valence-electron chi connectivity index (χ2n) is 9.70. The Hall–Kier alpha value is -2.88. The lowest BCUT2D eigenvalue weighted by Crippen LogP contribution is -2.64. The Labute approximate surface area is 235 Å². The van der Waals surface area contributed by atoms with Gasteiger partial charge >= 0.3 is 0 Å². The number of carbonyl (C=O) groups is 1. The second-order valence-corrected chi connectivity index (χ2v) is 10.6. The summed E-state index contributed by atoms with van der Waals surface area (Å²) in [7, 11) is 1.30. The monoisotopic (exact) mass is 626 g/mol. The lowest BCUT2D eigenvalue weighted by atomic mass is 9.85. The van der Waals surface area contributed by atoms with Gasteiger partial charge in [-0.25, -0.2) is 17.9 Å². The number of halogens is 4. The number of nitrogens with zero attached hydrogens (tertiary/aromatic N) is 4. The molecule has 1 aromatic heterocycles. The van der Waals surface area contributed by atoms with E-state index in [9.17, 15) is 33.3 Å². The standard InChI is InChI=1S/C26H26BrF3N4O6/c1-39-24-22(33-10-17(31-32-33)12-7-15(28)21(30)16(29)8-12)23(37)20(11-35)40-25(24)26(38)34(18-5-6-19(18)36)14-4-2-3-13(27)9-14/h2-4,7-10,18-20,22-25,35-37H,5-6,11H2,1H3/t18-,19-,20-,22+,23+,24-,25-/m1/s1. The molecule has 2 aliphatic rings. The fraction of sp³-hybridized carbons (Fsp3) is 0.423. The van der Waals surface area contributed by atoms with Crippen LogP contribution in [0.3, 0.4) is 0 Å². The van der Waals surface area contributed by atoms with Crippen LogP contribution >= 0.6 is 15.9 Å². The van der Waals surface area contributed by atoms with E-state index in [1.54, 1.807) is 24.3 Å². The third-order valence-corrected chi connectivity index (χ3v) is 7.83. The molecule has 0 spiro atoms. The first-order valence-corrected chi connectivity index (χ1v) is 13.2. The molecule has 0 unspecified atom stereocenters. The van der Waals surface area contributed by atoms with Crippen molar-refractivity contribution in [2.24, 2.45) is 0 Å². The third kappa shape index (κ3) is 5.15. The molecule has 0 bridgehead atoms. The van der Waals surface area contributed by atoms with Gasteiger partial charge in [-0.1, -0.05) is 27.2 Å². The summed E-state index contributed by atoms with van der Waals surface area (Å²) in [5.74, 6) is -5.04. The average molecular weight is 627 g/mol. The molecule has 214 valence electrons. The number of ether oxygens (including phenoxy) is 2. The summed E-state index contributed by atoms with van der Waals surface area (Å²) in [4.78, 5) is 15.5. The number of aliphatic hydroxyl groups is 3. The number of aliphatic hydroxyl groups excluding tert-OH is 3. The number of rotatable bonds is 7. The molecular formula is C26H26BrF3N4O6. The van der Waals surface area contributed by atoms with Gasteiger partial charge in [-0.2, -0.15) is 0 Å². The Balaban J connectivity index is 1.52. The molecule has 5 rings (SSSR count). The number of carbonyl (C=O) groups excluding carboxylic acids is 1. The number of hydrogen-bond acceptors (Lipinski definition) is 8. The summed E-state index contributed by atoms with van der Waals surface area (Å²) in [6.07, 6.45) is -3.68. The summed E-state index contributed by atoms with van der Waals surface area (Å²) in [6, 6.07) is 6.77. The predicted molar refractivity (Wildman–Crippen MR) is 138 cm³/mol. The molecule has 40 heavy (non-hydrogen) atoms. The van der Waals surface area contributed by atoms with Crippen molar-refractivity contribution in [3.8, 4) is 11.3 Å². The van der Waals surface area contributed by atoms with Gasteiger partial charge in [-0.15, -0.1) is 5.10 Å². The Morgan fingerprint density at radius 1 is 1.20 bits per heavy atom. The van der Waals surface area contributed by atoms with Crippen LogP contribution in [0.25, 0.3) is 11.3 Å². The van der Waals surface area contributed by atoms with E-state index >= 15 is 0 Å². The quantitative estimate of drug-likeness (QED) is 0.341. The molecule has 2 fully saturated rings. The van der Waals surface area contributed by atoms with Gasteiger partial charge in [-0.05, 0) is 43.2 Å². The smallest absolute Gasteiger partial charge is 0.259 e. The van der Waals surface area contributed by atoms with Gasteiger partial charge in [0.2, 0.25) is 0 Å². The molecule has 10 nitrogen and oxygen atoms in total. The zero-order valence-corrected chi connectivity index (χ0v) is 22.7. The van der Waals surface area contributed by atoms with Crippen molar-refractivity contribution in [1.82, 2.24) is 15.0 Å². The molecule has 3 aromatic rings. The maximum absolute atomic E-state index is 14.1. The Morgan fingerprint density at radius 3 is 2.50 bits per heavy atom. The largest absolute Gasteiger partial charge is 0.394 e. The summed E-state index contributed by atoms with van der Waals surface area (Å²) in [6.45, 7) is -0.656. The number of amides is 1. The zero-order valence-electron chi connectivity index (χ0n) is 21.1. The van der Waals surface area contributed by atoms with Crippen LogP contribution in [-0.2, 0) is 14.3 Å². The zero-order chi connectivity index (χ0) is 28.7. The van der Waals surface area contributed by atoms with Crippen molar-refractivity contribution in [3.05, 3.63) is 64.5 Å². The molecule has 2 heterocycles. The van der Waals surface area contributed by atoms with Gasteiger partial charge in [0.15, 0.2) is 23.6 Å². The number of anilines is 1.